The van der Waals surface area contributed by atoms with Crippen LogP contribution in [0.25, 0.3) is 22.6 Å². The normalized spacial score (nSPS) is 11.4. The van der Waals surface area contributed by atoms with Crippen LogP contribution in [0.15, 0.2) is 67.1 Å². The van der Waals surface area contributed by atoms with Crippen molar-refractivity contribution in [2.45, 2.75) is 6.18 Å². The Bertz CT molecular complexity index is 1240. The quantitative estimate of drug-likeness (QED) is 0.531. The van der Waals surface area contributed by atoms with Crippen LogP contribution in [0, 0.1) is 0 Å². The molecule has 10 heteroatoms. The van der Waals surface area contributed by atoms with Crippen molar-refractivity contribution in [3.8, 4) is 22.6 Å². The minimum absolute atomic E-state index is 0.0405. The Hall–Kier alpha value is -4.08. The second kappa shape index (κ2) is 7.98. The zero-order valence-electron chi connectivity index (χ0n) is 16.1. The van der Waals surface area contributed by atoms with E-state index in [1.165, 1.54) is 18.2 Å². The Morgan fingerprint density at radius 3 is 2.55 bits per heavy atom. The van der Waals surface area contributed by atoms with Crippen LogP contribution in [-0.4, -0.2) is 30.6 Å². The summed E-state index contributed by atoms with van der Waals surface area (Å²) in [5.74, 6) is -0.530. The van der Waals surface area contributed by atoms with Crippen LogP contribution in [0.3, 0.4) is 0 Å². The van der Waals surface area contributed by atoms with Gasteiger partial charge in [-0.15, -0.1) is 0 Å². The molecule has 0 aromatic carbocycles. The van der Waals surface area contributed by atoms with Crippen molar-refractivity contribution < 1.29 is 18.0 Å². The van der Waals surface area contributed by atoms with Gasteiger partial charge < -0.3 is 5.32 Å². The molecule has 1 N–H and O–H groups in total. The summed E-state index contributed by atoms with van der Waals surface area (Å²) >= 11 is 0. The molecule has 1 amide bonds. The van der Waals surface area contributed by atoms with E-state index in [1.807, 2.05) is 0 Å². The lowest BCUT2D eigenvalue weighted by atomic mass is 10.1. The summed E-state index contributed by atoms with van der Waals surface area (Å²) in [6.45, 7) is 0. The molecule has 4 aromatic heterocycles. The van der Waals surface area contributed by atoms with E-state index < -0.39 is 17.8 Å². The second-order valence-corrected chi connectivity index (χ2v) is 6.57. The molecule has 7 nitrogen and oxygen atoms in total. The summed E-state index contributed by atoms with van der Waals surface area (Å²) in [7, 11) is 1.71. The molecular formula is C21H15F3N6O. The van der Waals surface area contributed by atoms with Crippen LogP contribution in [0.2, 0.25) is 0 Å². The number of hydrogen-bond donors (Lipinski definition) is 1. The highest BCUT2D eigenvalue weighted by atomic mass is 19.4. The van der Waals surface area contributed by atoms with E-state index in [1.54, 1.807) is 48.4 Å². The van der Waals surface area contributed by atoms with Crippen molar-refractivity contribution in [1.82, 2.24) is 24.7 Å². The van der Waals surface area contributed by atoms with Crippen LogP contribution in [0.5, 0.6) is 0 Å². The van der Waals surface area contributed by atoms with Crippen LogP contribution in [-0.2, 0) is 13.2 Å². The summed E-state index contributed by atoms with van der Waals surface area (Å²) in [4.78, 5) is 24.6. The lowest BCUT2D eigenvalue weighted by Gasteiger charge is -2.09. The average Bonchev–Trinajstić information content (AvgIpc) is 3.14. The number of rotatable bonds is 4. The zero-order valence-corrected chi connectivity index (χ0v) is 16.1. The van der Waals surface area contributed by atoms with Crippen molar-refractivity contribution in [1.29, 1.82) is 0 Å². The first kappa shape index (κ1) is 20.2. The molecule has 0 saturated heterocycles. The van der Waals surface area contributed by atoms with Gasteiger partial charge in [0, 0.05) is 31.2 Å². The van der Waals surface area contributed by atoms with E-state index in [2.05, 4.69) is 25.4 Å². The lowest BCUT2D eigenvalue weighted by Crippen LogP contribution is -2.14. The third-order valence-electron chi connectivity index (χ3n) is 4.31. The number of halogens is 3. The summed E-state index contributed by atoms with van der Waals surface area (Å²) in [6, 6.07) is 12.2. The highest BCUT2D eigenvalue weighted by Gasteiger charge is 2.32. The van der Waals surface area contributed by atoms with Crippen LogP contribution in [0.1, 0.15) is 16.2 Å². The number of carbonyl (C=O) groups is 1. The molecule has 4 aromatic rings. The Kier molecular flexibility index (Phi) is 5.20. The van der Waals surface area contributed by atoms with Crippen molar-refractivity contribution in [2.75, 3.05) is 5.32 Å². The van der Waals surface area contributed by atoms with Gasteiger partial charge in [-0.05, 0) is 36.4 Å². The minimum atomic E-state index is -4.58. The largest absolute Gasteiger partial charge is 0.433 e. The molecule has 0 aliphatic heterocycles. The van der Waals surface area contributed by atoms with Gasteiger partial charge in [0.15, 0.2) is 0 Å². The molecule has 0 aliphatic carbocycles. The van der Waals surface area contributed by atoms with Crippen molar-refractivity contribution in [3.63, 3.8) is 0 Å². The highest BCUT2D eigenvalue weighted by molar-refractivity contribution is 6.04. The maximum atomic E-state index is 13.0. The highest BCUT2D eigenvalue weighted by Crippen LogP contribution is 2.30. The zero-order chi connectivity index (χ0) is 22.0. The van der Waals surface area contributed by atoms with E-state index in [0.717, 1.165) is 12.3 Å². The van der Waals surface area contributed by atoms with Gasteiger partial charge in [0.1, 0.15) is 17.1 Å². The summed E-state index contributed by atoms with van der Waals surface area (Å²) in [5.41, 5.74) is 0.926. The number of aromatic nitrogens is 5. The standard InChI is InChI=1S/C21H15F3N6O/c1-30-12-17(19(29-30)15-5-2-3-9-25-15)28-20(31)16-7-4-6-14(27-16)13-8-10-26-18(11-13)21(22,23)24/h2-12H,1H3,(H,28,31). The van der Waals surface area contributed by atoms with E-state index in [0.29, 0.717) is 17.1 Å². The molecule has 0 unspecified atom stereocenters. The average molecular weight is 424 g/mol. The number of carbonyl (C=O) groups excluding carboxylic acids is 1. The second-order valence-electron chi connectivity index (χ2n) is 6.57. The topological polar surface area (TPSA) is 85.6 Å². The SMILES string of the molecule is Cn1cc(NC(=O)c2cccc(-c3ccnc(C(F)(F)F)c3)n2)c(-c2ccccn2)n1. The first-order valence-electron chi connectivity index (χ1n) is 9.08. The molecule has 0 bridgehead atoms. The molecule has 0 fully saturated rings. The smallest absolute Gasteiger partial charge is 0.317 e. The molecule has 4 rings (SSSR count). The van der Waals surface area contributed by atoms with Gasteiger partial charge in [0.25, 0.3) is 5.91 Å². The Labute approximate surface area is 174 Å². The summed E-state index contributed by atoms with van der Waals surface area (Å²) in [5, 5.41) is 7.07. The predicted molar refractivity (Wildman–Crippen MR) is 107 cm³/mol. The fourth-order valence-electron chi connectivity index (χ4n) is 2.93. The molecule has 0 saturated carbocycles. The van der Waals surface area contributed by atoms with Crippen molar-refractivity contribution in [3.05, 3.63) is 78.5 Å². The minimum Gasteiger partial charge on any atom is -0.317 e. The first-order valence-corrected chi connectivity index (χ1v) is 9.08. The number of nitrogens with zero attached hydrogens (tertiary/aromatic N) is 5. The van der Waals surface area contributed by atoms with Gasteiger partial charge in [-0.3, -0.25) is 19.4 Å². The summed E-state index contributed by atoms with van der Waals surface area (Å²) < 4.78 is 40.4. The van der Waals surface area contributed by atoms with E-state index >= 15 is 0 Å². The van der Waals surface area contributed by atoms with Crippen LogP contribution < -0.4 is 5.32 Å². The third kappa shape index (κ3) is 4.42. The van der Waals surface area contributed by atoms with E-state index in [9.17, 15) is 18.0 Å². The van der Waals surface area contributed by atoms with Gasteiger partial charge in [0.05, 0.1) is 17.1 Å². The van der Waals surface area contributed by atoms with Crippen molar-refractivity contribution >= 4 is 11.6 Å². The fraction of sp³-hybridized carbons (Fsp3) is 0.0952. The van der Waals surface area contributed by atoms with Crippen LogP contribution >= 0.6 is 0 Å². The lowest BCUT2D eigenvalue weighted by molar-refractivity contribution is -0.141. The predicted octanol–water partition coefficient (Wildman–Crippen LogP) is 4.21. The van der Waals surface area contributed by atoms with Gasteiger partial charge >= 0.3 is 6.18 Å². The Morgan fingerprint density at radius 1 is 1.00 bits per heavy atom. The Balaban J connectivity index is 1.62. The summed E-state index contributed by atoms with van der Waals surface area (Å²) in [6.07, 6.45) is -0.274. The molecule has 0 atom stereocenters. The number of pyridine rings is 3. The molecule has 0 aliphatic rings. The number of aryl methyl sites for hydroxylation is 1. The van der Waals surface area contributed by atoms with E-state index in [4.69, 9.17) is 0 Å². The number of amides is 1. The molecule has 156 valence electrons. The first-order chi connectivity index (χ1) is 14.8. The number of nitrogens with one attached hydrogen (secondary N) is 1. The molecule has 0 spiro atoms. The number of anilines is 1. The van der Waals surface area contributed by atoms with Gasteiger partial charge in [-0.1, -0.05) is 12.1 Å². The van der Waals surface area contributed by atoms with Gasteiger partial charge in [-0.2, -0.15) is 18.3 Å². The monoisotopic (exact) mass is 424 g/mol. The van der Waals surface area contributed by atoms with E-state index in [-0.39, 0.29) is 17.0 Å². The number of alkyl halides is 3. The molecule has 31 heavy (non-hydrogen) atoms. The third-order valence-corrected chi connectivity index (χ3v) is 4.31. The van der Waals surface area contributed by atoms with Gasteiger partial charge in [-0.25, -0.2) is 4.98 Å². The fourth-order valence-corrected chi connectivity index (χ4v) is 2.93. The Morgan fingerprint density at radius 2 is 1.81 bits per heavy atom. The molecule has 4 heterocycles. The molecule has 0 radical (unpaired) electrons. The maximum Gasteiger partial charge on any atom is 0.433 e. The number of hydrogen-bond acceptors (Lipinski definition) is 5. The van der Waals surface area contributed by atoms with Crippen molar-refractivity contribution in [2.24, 2.45) is 7.05 Å². The van der Waals surface area contributed by atoms with Gasteiger partial charge in [0.2, 0.25) is 0 Å². The molecular weight excluding hydrogens is 409 g/mol. The maximum absolute atomic E-state index is 13.0. The van der Waals surface area contributed by atoms with Crippen LogP contribution in [0.4, 0.5) is 18.9 Å².